The van der Waals surface area contributed by atoms with Crippen molar-refractivity contribution in [3.05, 3.63) is 46.2 Å². The SMILES string of the molecule is C[C@H](NCCOc1ccc2c(c1)CCC(=O)N2)c1ccsc1. The summed E-state index contributed by atoms with van der Waals surface area (Å²) < 4.78 is 5.79. The van der Waals surface area contributed by atoms with Crippen LogP contribution in [0.2, 0.25) is 0 Å². The molecule has 0 unspecified atom stereocenters. The summed E-state index contributed by atoms with van der Waals surface area (Å²) in [5.74, 6) is 0.952. The highest BCUT2D eigenvalue weighted by atomic mass is 32.1. The first-order valence-corrected chi connectivity index (χ1v) is 8.48. The van der Waals surface area contributed by atoms with Crippen LogP contribution in [0.5, 0.6) is 5.75 Å². The highest BCUT2D eigenvalue weighted by Crippen LogP contribution is 2.26. The van der Waals surface area contributed by atoms with Gasteiger partial charge in [-0.05, 0) is 59.5 Å². The molecule has 22 heavy (non-hydrogen) atoms. The molecule has 1 aliphatic rings. The van der Waals surface area contributed by atoms with E-state index in [1.165, 1.54) is 5.56 Å². The van der Waals surface area contributed by atoms with Gasteiger partial charge in [0.2, 0.25) is 5.91 Å². The number of thiophene rings is 1. The van der Waals surface area contributed by atoms with Gasteiger partial charge in [0.05, 0.1) is 0 Å². The van der Waals surface area contributed by atoms with E-state index in [-0.39, 0.29) is 5.91 Å². The fraction of sp³-hybridized carbons (Fsp3) is 0.353. The third kappa shape index (κ3) is 3.67. The van der Waals surface area contributed by atoms with Gasteiger partial charge in [-0.25, -0.2) is 0 Å². The molecule has 2 aromatic rings. The molecule has 1 amide bonds. The van der Waals surface area contributed by atoms with Crippen molar-refractivity contribution >= 4 is 22.9 Å². The van der Waals surface area contributed by atoms with Gasteiger partial charge in [0, 0.05) is 24.7 Å². The first-order chi connectivity index (χ1) is 10.7. The van der Waals surface area contributed by atoms with Crippen molar-refractivity contribution in [2.45, 2.75) is 25.8 Å². The van der Waals surface area contributed by atoms with Crippen molar-refractivity contribution in [1.29, 1.82) is 0 Å². The average Bonchev–Trinajstić information content (AvgIpc) is 3.06. The van der Waals surface area contributed by atoms with Gasteiger partial charge >= 0.3 is 0 Å². The van der Waals surface area contributed by atoms with Gasteiger partial charge in [-0.15, -0.1) is 0 Å². The maximum atomic E-state index is 11.3. The summed E-state index contributed by atoms with van der Waals surface area (Å²) in [6.07, 6.45) is 1.34. The lowest BCUT2D eigenvalue weighted by Gasteiger charge is -2.18. The second kappa shape index (κ2) is 6.94. The van der Waals surface area contributed by atoms with Crippen molar-refractivity contribution in [1.82, 2.24) is 5.32 Å². The third-order valence-electron chi connectivity index (χ3n) is 3.84. The Labute approximate surface area is 134 Å². The molecule has 2 heterocycles. The van der Waals surface area contributed by atoms with Crippen LogP contribution in [0, 0.1) is 0 Å². The summed E-state index contributed by atoms with van der Waals surface area (Å²) in [7, 11) is 0. The average molecular weight is 316 g/mol. The van der Waals surface area contributed by atoms with Crippen LogP contribution in [0.4, 0.5) is 5.69 Å². The van der Waals surface area contributed by atoms with E-state index in [2.05, 4.69) is 34.4 Å². The van der Waals surface area contributed by atoms with E-state index in [0.717, 1.165) is 30.0 Å². The summed E-state index contributed by atoms with van der Waals surface area (Å²) in [4.78, 5) is 11.3. The molecule has 116 valence electrons. The number of amides is 1. The third-order valence-corrected chi connectivity index (χ3v) is 4.54. The van der Waals surface area contributed by atoms with Crippen molar-refractivity contribution in [3.8, 4) is 5.75 Å². The van der Waals surface area contributed by atoms with Gasteiger partial charge in [-0.2, -0.15) is 11.3 Å². The number of carbonyl (C=O) groups excluding carboxylic acids is 1. The quantitative estimate of drug-likeness (QED) is 0.804. The van der Waals surface area contributed by atoms with Gasteiger partial charge < -0.3 is 15.4 Å². The zero-order chi connectivity index (χ0) is 15.4. The molecule has 0 saturated carbocycles. The minimum atomic E-state index is 0.0905. The van der Waals surface area contributed by atoms with E-state index in [9.17, 15) is 4.79 Å². The molecule has 1 aliphatic heterocycles. The molecular weight excluding hydrogens is 296 g/mol. The zero-order valence-electron chi connectivity index (χ0n) is 12.6. The Hall–Kier alpha value is -1.85. The number of nitrogens with one attached hydrogen (secondary N) is 2. The van der Waals surface area contributed by atoms with Crippen molar-refractivity contribution < 1.29 is 9.53 Å². The molecule has 0 bridgehead atoms. The molecule has 1 aromatic heterocycles. The molecule has 1 aromatic carbocycles. The van der Waals surface area contributed by atoms with E-state index in [0.29, 0.717) is 19.1 Å². The van der Waals surface area contributed by atoms with Crippen LogP contribution in [0.15, 0.2) is 35.0 Å². The fourth-order valence-electron chi connectivity index (χ4n) is 2.53. The molecule has 0 aliphatic carbocycles. The Bertz CT molecular complexity index is 640. The number of fused-ring (bicyclic) bond motifs is 1. The predicted molar refractivity (Wildman–Crippen MR) is 89.6 cm³/mol. The summed E-state index contributed by atoms with van der Waals surface area (Å²) in [5, 5.41) is 10.6. The van der Waals surface area contributed by atoms with Crippen LogP contribution in [-0.4, -0.2) is 19.1 Å². The lowest BCUT2D eigenvalue weighted by Crippen LogP contribution is -2.24. The maximum absolute atomic E-state index is 11.3. The molecular formula is C17H20N2O2S. The smallest absolute Gasteiger partial charge is 0.224 e. The molecule has 0 saturated heterocycles. The Morgan fingerprint density at radius 3 is 3.09 bits per heavy atom. The molecule has 0 radical (unpaired) electrons. The van der Waals surface area contributed by atoms with Crippen molar-refractivity contribution in [2.24, 2.45) is 0 Å². The number of benzene rings is 1. The van der Waals surface area contributed by atoms with E-state index < -0.39 is 0 Å². The molecule has 2 N–H and O–H groups in total. The predicted octanol–water partition coefficient (Wildman–Crippen LogP) is 3.36. The number of carbonyl (C=O) groups is 1. The summed E-state index contributed by atoms with van der Waals surface area (Å²) in [5.41, 5.74) is 3.37. The summed E-state index contributed by atoms with van der Waals surface area (Å²) in [6, 6.07) is 8.34. The first-order valence-electron chi connectivity index (χ1n) is 7.53. The molecule has 0 fully saturated rings. The molecule has 3 rings (SSSR count). The number of rotatable bonds is 6. The van der Waals surface area contributed by atoms with Crippen LogP contribution in [0.3, 0.4) is 0 Å². The van der Waals surface area contributed by atoms with Crippen molar-refractivity contribution in [2.75, 3.05) is 18.5 Å². The maximum Gasteiger partial charge on any atom is 0.224 e. The van der Waals surface area contributed by atoms with Crippen LogP contribution in [0.25, 0.3) is 0 Å². The highest BCUT2D eigenvalue weighted by molar-refractivity contribution is 7.07. The van der Waals surface area contributed by atoms with E-state index in [4.69, 9.17) is 4.74 Å². The number of anilines is 1. The number of aryl methyl sites for hydroxylation is 1. The standard InChI is InChI=1S/C17H20N2O2S/c1-12(14-6-9-22-11-14)18-7-8-21-15-3-4-16-13(10-15)2-5-17(20)19-16/h3-4,6,9-12,18H,2,5,7-8H2,1H3,(H,19,20)/t12-/m0/s1. The van der Waals surface area contributed by atoms with Crippen LogP contribution >= 0.6 is 11.3 Å². The number of hydrogen-bond acceptors (Lipinski definition) is 4. The topological polar surface area (TPSA) is 50.4 Å². The first kappa shape index (κ1) is 15.1. The van der Waals surface area contributed by atoms with Crippen LogP contribution in [-0.2, 0) is 11.2 Å². The van der Waals surface area contributed by atoms with Crippen LogP contribution < -0.4 is 15.4 Å². The Kier molecular flexibility index (Phi) is 4.75. The Balaban J connectivity index is 1.47. The summed E-state index contributed by atoms with van der Waals surface area (Å²) >= 11 is 1.72. The number of ether oxygens (including phenoxy) is 1. The molecule has 4 nitrogen and oxygen atoms in total. The zero-order valence-corrected chi connectivity index (χ0v) is 13.4. The second-order valence-electron chi connectivity index (χ2n) is 5.45. The monoisotopic (exact) mass is 316 g/mol. The summed E-state index contributed by atoms with van der Waals surface area (Å²) in [6.45, 7) is 3.58. The largest absolute Gasteiger partial charge is 0.492 e. The normalized spacial score (nSPS) is 15.0. The molecule has 5 heteroatoms. The second-order valence-corrected chi connectivity index (χ2v) is 6.23. The lowest BCUT2D eigenvalue weighted by atomic mass is 10.0. The van der Waals surface area contributed by atoms with Crippen LogP contribution in [0.1, 0.15) is 30.5 Å². The van der Waals surface area contributed by atoms with Gasteiger partial charge in [0.25, 0.3) is 0 Å². The van der Waals surface area contributed by atoms with Gasteiger partial charge in [-0.3, -0.25) is 4.79 Å². The lowest BCUT2D eigenvalue weighted by molar-refractivity contribution is -0.116. The Morgan fingerprint density at radius 2 is 2.27 bits per heavy atom. The Morgan fingerprint density at radius 1 is 1.36 bits per heavy atom. The minimum absolute atomic E-state index is 0.0905. The van der Waals surface area contributed by atoms with Gasteiger partial charge in [-0.1, -0.05) is 0 Å². The highest BCUT2D eigenvalue weighted by Gasteiger charge is 2.15. The fourth-order valence-corrected chi connectivity index (χ4v) is 3.29. The van der Waals surface area contributed by atoms with Gasteiger partial charge in [0.1, 0.15) is 12.4 Å². The molecule has 1 atom stereocenters. The van der Waals surface area contributed by atoms with Gasteiger partial charge in [0.15, 0.2) is 0 Å². The van der Waals surface area contributed by atoms with E-state index >= 15 is 0 Å². The molecule has 0 spiro atoms. The number of hydrogen-bond donors (Lipinski definition) is 2. The minimum Gasteiger partial charge on any atom is -0.492 e. The van der Waals surface area contributed by atoms with E-state index in [1.807, 2.05) is 18.2 Å². The van der Waals surface area contributed by atoms with E-state index in [1.54, 1.807) is 11.3 Å². The van der Waals surface area contributed by atoms with Crippen molar-refractivity contribution in [3.63, 3.8) is 0 Å².